The fraction of sp³-hybridized carbons (Fsp3) is 0.450. The SMILES string of the molecule is Cc1ccc(N2CC[C@H](O)[C@](CCCc3ccccc3)(C(=O)O)C2)nn1. The normalized spacial score (nSPS) is 23.0. The lowest BCUT2D eigenvalue weighted by molar-refractivity contribution is -0.158. The summed E-state index contributed by atoms with van der Waals surface area (Å²) in [5, 5.41) is 28.7. The number of carbonyl (C=O) groups is 1. The van der Waals surface area contributed by atoms with Gasteiger partial charge in [-0.1, -0.05) is 30.3 Å². The number of aromatic nitrogens is 2. The molecule has 2 heterocycles. The standard InChI is InChI=1S/C20H25N3O3/c1-15-9-10-18(22-21-15)23-13-11-17(24)20(14-23,19(25)26)12-5-8-16-6-3-2-4-7-16/h2-4,6-7,9-10,17,24H,5,8,11-14H2,1H3,(H,25,26)/t17-,20+/m0/s1. The van der Waals surface area contributed by atoms with Gasteiger partial charge >= 0.3 is 5.97 Å². The van der Waals surface area contributed by atoms with Crippen molar-refractivity contribution in [3.05, 3.63) is 53.7 Å². The lowest BCUT2D eigenvalue weighted by atomic mass is 9.73. The monoisotopic (exact) mass is 355 g/mol. The molecule has 6 nitrogen and oxygen atoms in total. The minimum Gasteiger partial charge on any atom is -0.481 e. The summed E-state index contributed by atoms with van der Waals surface area (Å²) >= 11 is 0. The van der Waals surface area contributed by atoms with E-state index in [-0.39, 0.29) is 6.54 Å². The van der Waals surface area contributed by atoms with E-state index in [1.54, 1.807) is 0 Å². The van der Waals surface area contributed by atoms with Gasteiger partial charge in [0.15, 0.2) is 5.82 Å². The summed E-state index contributed by atoms with van der Waals surface area (Å²) in [5.41, 5.74) is 0.817. The summed E-state index contributed by atoms with van der Waals surface area (Å²) in [6.07, 6.45) is 1.49. The molecule has 0 radical (unpaired) electrons. The molecule has 2 N–H and O–H groups in total. The van der Waals surface area contributed by atoms with Crippen molar-refractivity contribution in [2.45, 2.75) is 38.7 Å². The Hall–Kier alpha value is -2.47. The summed E-state index contributed by atoms with van der Waals surface area (Å²) in [6.45, 7) is 2.69. The predicted molar refractivity (Wildman–Crippen MR) is 99.1 cm³/mol. The van der Waals surface area contributed by atoms with Crippen molar-refractivity contribution in [3.63, 3.8) is 0 Å². The van der Waals surface area contributed by atoms with E-state index in [4.69, 9.17) is 0 Å². The largest absolute Gasteiger partial charge is 0.481 e. The number of benzene rings is 1. The smallest absolute Gasteiger partial charge is 0.314 e. The topological polar surface area (TPSA) is 86.5 Å². The number of aliphatic hydroxyl groups excluding tert-OH is 1. The van der Waals surface area contributed by atoms with Crippen LogP contribution < -0.4 is 4.90 Å². The average Bonchev–Trinajstić information content (AvgIpc) is 2.65. The summed E-state index contributed by atoms with van der Waals surface area (Å²) in [5.74, 6) is -0.279. The molecule has 0 aliphatic carbocycles. The van der Waals surface area contributed by atoms with Crippen molar-refractivity contribution >= 4 is 11.8 Å². The second kappa shape index (κ2) is 7.83. The number of hydrogen-bond acceptors (Lipinski definition) is 5. The molecule has 2 atom stereocenters. The van der Waals surface area contributed by atoms with Crippen LogP contribution in [-0.2, 0) is 11.2 Å². The van der Waals surface area contributed by atoms with Crippen molar-refractivity contribution in [1.29, 1.82) is 0 Å². The van der Waals surface area contributed by atoms with Crippen LogP contribution in [0.2, 0.25) is 0 Å². The maximum atomic E-state index is 12.1. The Kier molecular flexibility index (Phi) is 5.52. The third-order valence-electron chi connectivity index (χ3n) is 5.25. The molecule has 1 aliphatic rings. The maximum Gasteiger partial charge on any atom is 0.314 e. The van der Waals surface area contributed by atoms with Crippen LogP contribution in [0.25, 0.3) is 0 Å². The molecule has 1 aromatic heterocycles. The summed E-state index contributed by atoms with van der Waals surface area (Å²) in [6, 6.07) is 13.7. The molecule has 1 aromatic carbocycles. The molecule has 1 saturated heterocycles. The number of carboxylic acid groups (broad SMARTS) is 1. The number of anilines is 1. The molecule has 138 valence electrons. The first kappa shape index (κ1) is 18.3. The molecule has 26 heavy (non-hydrogen) atoms. The molecular weight excluding hydrogens is 330 g/mol. The number of aliphatic carboxylic acids is 1. The second-order valence-electron chi connectivity index (χ2n) is 7.06. The lowest BCUT2D eigenvalue weighted by Gasteiger charge is -2.43. The summed E-state index contributed by atoms with van der Waals surface area (Å²) in [7, 11) is 0. The predicted octanol–water partition coefficient (Wildman–Crippen LogP) is 2.45. The molecule has 0 unspecified atom stereocenters. The van der Waals surface area contributed by atoms with E-state index in [1.807, 2.05) is 54.3 Å². The molecule has 3 rings (SSSR count). The van der Waals surface area contributed by atoms with Crippen LogP contribution in [0, 0.1) is 12.3 Å². The van der Waals surface area contributed by atoms with E-state index < -0.39 is 17.5 Å². The van der Waals surface area contributed by atoms with Gasteiger partial charge in [-0.05, 0) is 50.3 Å². The van der Waals surface area contributed by atoms with E-state index in [0.29, 0.717) is 31.6 Å². The van der Waals surface area contributed by atoms with E-state index in [9.17, 15) is 15.0 Å². The van der Waals surface area contributed by atoms with Crippen molar-refractivity contribution in [3.8, 4) is 0 Å². The Bertz CT molecular complexity index is 736. The van der Waals surface area contributed by atoms with Gasteiger partial charge in [-0.15, -0.1) is 5.10 Å². The highest BCUT2D eigenvalue weighted by Gasteiger charge is 2.49. The van der Waals surface area contributed by atoms with Crippen molar-refractivity contribution in [1.82, 2.24) is 10.2 Å². The zero-order valence-electron chi connectivity index (χ0n) is 15.0. The van der Waals surface area contributed by atoms with E-state index >= 15 is 0 Å². The van der Waals surface area contributed by atoms with Gasteiger partial charge in [-0.25, -0.2) is 0 Å². The molecule has 0 bridgehead atoms. The quantitative estimate of drug-likeness (QED) is 0.828. The number of nitrogens with zero attached hydrogens (tertiary/aromatic N) is 3. The molecule has 1 fully saturated rings. The van der Waals surface area contributed by atoms with Gasteiger partial charge in [-0.2, -0.15) is 5.10 Å². The molecule has 0 spiro atoms. The Labute approximate surface area is 153 Å². The third kappa shape index (κ3) is 3.85. The van der Waals surface area contributed by atoms with Gasteiger partial charge in [-0.3, -0.25) is 4.79 Å². The van der Waals surface area contributed by atoms with Gasteiger partial charge in [0.25, 0.3) is 0 Å². The first-order valence-electron chi connectivity index (χ1n) is 9.02. The molecule has 1 aliphatic heterocycles. The first-order chi connectivity index (χ1) is 12.5. The summed E-state index contributed by atoms with van der Waals surface area (Å²) < 4.78 is 0. The van der Waals surface area contributed by atoms with Gasteiger partial charge in [0.05, 0.1) is 11.8 Å². The zero-order valence-corrected chi connectivity index (χ0v) is 15.0. The Morgan fingerprint density at radius 2 is 2.00 bits per heavy atom. The highest BCUT2D eigenvalue weighted by atomic mass is 16.4. The molecular formula is C20H25N3O3. The second-order valence-corrected chi connectivity index (χ2v) is 7.06. The number of piperidine rings is 1. The first-order valence-corrected chi connectivity index (χ1v) is 9.02. The van der Waals surface area contributed by atoms with E-state index in [2.05, 4.69) is 10.2 Å². The van der Waals surface area contributed by atoms with E-state index in [0.717, 1.165) is 12.1 Å². The van der Waals surface area contributed by atoms with Crippen LogP contribution in [-0.4, -0.2) is 45.6 Å². The van der Waals surface area contributed by atoms with Crippen molar-refractivity contribution in [2.75, 3.05) is 18.0 Å². The van der Waals surface area contributed by atoms with Crippen LogP contribution in [0.4, 0.5) is 5.82 Å². The number of aryl methyl sites for hydroxylation is 2. The minimum absolute atomic E-state index is 0.246. The van der Waals surface area contributed by atoms with Crippen LogP contribution in [0.5, 0.6) is 0 Å². The molecule has 0 amide bonds. The Balaban J connectivity index is 1.74. The third-order valence-corrected chi connectivity index (χ3v) is 5.25. The average molecular weight is 355 g/mol. The number of hydrogen-bond donors (Lipinski definition) is 2. The highest BCUT2D eigenvalue weighted by molar-refractivity contribution is 5.77. The minimum atomic E-state index is -1.18. The van der Waals surface area contributed by atoms with Crippen LogP contribution in [0.15, 0.2) is 42.5 Å². The maximum absolute atomic E-state index is 12.1. The number of aliphatic hydroxyl groups is 1. The lowest BCUT2D eigenvalue weighted by Crippen LogP contribution is -2.56. The fourth-order valence-electron chi connectivity index (χ4n) is 3.65. The molecule has 2 aromatic rings. The van der Waals surface area contributed by atoms with Gasteiger partial charge in [0.2, 0.25) is 0 Å². The summed E-state index contributed by atoms with van der Waals surface area (Å²) in [4.78, 5) is 14.1. The van der Waals surface area contributed by atoms with Crippen molar-refractivity contribution in [2.24, 2.45) is 5.41 Å². The van der Waals surface area contributed by atoms with E-state index in [1.165, 1.54) is 5.56 Å². The zero-order chi connectivity index (χ0) is 18.6. The number of rotatable bonds is 6. The fourth-order valence-corrected chi connectivity index (χ4v) is 3.65. The van der Waals surface area contributed by atoms with Crippen molar-refractivity contribution < 1.29 is 15.0 Å². The Morgan fingerprint density at radius 3 is 2.65 bits per heavy atom. The number of carboxylic acids is 1. The van der Waals surface area contributed by atoms with Gasteiger partial charge < -0.3 is 15.1 Å². The molecule has 0 saturated carbocycles. The molecule has 6 heteroatoms. The Morgan fingerprint density at radius 1 is 1.23 bits per heavy atom. The van der Waals surface area contributed by atoms with Gasteiger partial charge in [0.1, 0.15) is 5.41 Å². The van der Waals surface area contributed by atoms with Crippen LogP contribution in [0.1, 0.15) is 30.5 Å². The van der Waals surface area contributed by atoms with Crippen LogP contribution >= 0.6 is 0 Å². The van der Waals surface area contributed by atoms with Gasteiger partial charge in [0, 0.05) is 13.1 Å². The van der Waals surface area contributed by atoms with Crippen LogP contribution in [0.3, 0.4) is 0 Å². The highest BCUT2D eigenvalue weighted by Crippen LogP contribution is 2.37.